The van der Waals surface area contributed by atoms with Gasteiger partial charge in [0.05, 0.1) is 36.4 Å². The molecule has 3 aromatic heterocycles. The number of nitrogens with one attached hydrogen (secondary N) is 2. The van der Waals surface area contributed by atoms with E-state index in [0.717, 1.165) is 63.9 Å². The lowest BCUT2D eigenvalue weighted by atomic mass is 9.84. The fraction of sp³-hybridized carbons (Fsp3) is 0.578. The van der Waals surface area contributed by atoms with Crippen LogP contribution >= 0.6 is 11.3 Å². The first-order chi connectivity index (χ1) is 28.5. The fourth-order valence-corrected chi connectivity index (χ4v) is 9.77. The number of carbonyl (C=O) groups excluding carboxylic acids is 3. The number of benzene rings is 1. The third kappa shape index (κ3) is 8.70. The molecule has 0 spiro atoms. The van der Waals surface area contributed by atoms with Gasteiger partial charge < -0.3 is 28.8 Å². The summed E-state index contributed by atoms with van der Waals surface area (Å²) in [7, 11) is 1.70. The monoisotopic (exact) mass is 826 g/mol. The molecule has 4 aliphatic rings. The molecule has 3 fully saturated rings. The van der Waals surface area contributed by atoms with Crippen LogP contribution in [0.3, 0.4) is 0 Å². The quantitative estimate of drug-likeness (QED) is 0.173. The van der Waals surface area contributed by atoms with Crippen molar-refractivity contribution in [3.8, 4) is 22.5 Å². The molecular weight excluding hydrogens is 769 g/mol. The summed E-state index contributed by atoms with van der Waals surface area (Å²) in [6.07, 6.45) is 4.87. The van der Waals surface area contributed by atoms with Gasteiger partial charge in [-0.1, -0.05) is 26.8 Å². The van der Waals surface area contributed by atoms with E-state index < -0.39 is 29.6 Å². The lowest BCUT2D eigenvalue weighted by Gasteiger charge is -2.37. The molecule has 13 nitrogen and oxygen atoms in total. The molecule has 2 amide bonds. The van der Waals surface area contributed by atoms with Crippen molar-refractivity contribution >= 4 is 40.0 Å². The average Bonchev–Trinajstić information content (AvgIpc) is 3.66. The van der Waals surface area contributed by atoms with E-state index in [9.17, 15) is 14.4 Å². The Morgan fingerprint density at radius 1 is 1.17 bits per heavy atom. The smallest absolute Gasteiger partial charge is 0.324 e. The number of aryl methyl sites for hydroxylation is 1. The second kappa shape index (κ2) is 17.4. The Kier molecular flexibility index (Phi) is 12.3. The molecule has 0 radical (unpaired) electrons. The number of ether oxygens (including phenoxy) is 4. The Labute approximate surface area is 350 Å². The molecule has 8 rings (SSSR count). The molecule has 6 heterocycles. The topological polar surface area (TPSA) is 146 Å². The highest BCUT2D eigenvalue weighted by Gasteiger charge is 2.45. The van der Waals surface area contributed by atoms with E-state index in [0.29, 0.717) is 57.2 Å². The molecule has 1 aromatic carbocycles. The number of hydrazine groups is 1. The molecule has 316 valence electrons. The number of amides is 2. The maximum atomic E-state index is 14.8. The first-order valence-electron chi connectivity index (χ1n) is 21.3. The summed E-state index contributed by atoms with van der Waals surface area (Å²) in [6.45, 7) is 13.4. The van der Waals surface area contributed by atoms with Crippen LogP contribution in [-0.2, 0) is 46.3 Å². The molecule has 4 aromatic rings. The average molecular weight is 827 g/mol. The summed E-state index contributed by atoms with van der Waals surface area (Å²) in [5, 5.41) is 8.30. The molecule has 1 saturated carbocycles. The van der Waals surface area contributed by atoms with Gasteiger partial charge in [-0.05, 0) is 94.0 Å². The number of aromatic nitrogens is 3. The molecule has 3 aliphatic heterocycles. The lowest BCUT2D eigenvalue weighted by Crippen LogP contribution is -2.61. The molecule has 59 heavy (non-hydrogen) atoms. The third-order valence-corrected chi connectivity index (χ3v) is 13.4. The molecule has 2 N–H and O–H groups in total. The van der Waals surface area contributed by atoms with Gasteiger partial charge in [0.25, 0.3) is 5.91 Å². The molecule has 1 aliphatic carbocycles. The van der Waals surface area contributed by atoms with Crippen molar-refractivity contribution in [2.75, 3.05) is 40.1 Å². The standard InChI is InChI=1S/C45H58N6O7S/c1-7-50-36-13-12-29-21-32(36)33(39(50)30-10-8-16-46-37(30)27(3)55-6)22-45(4,5)25-58-44(54)34-11-9-17-51(49-34)43(53)38(48-41(52)31-20-26(31)2)40(42-47-35(29)24-59-42)57-23-28-14-18-56-19-15-28/h8,10,12-13,16,21,24,26-28,31,34,38,40,49H,7,9,11,14-15,17-20,22-23,25H2,1-6H3,(H,48,52)/t26-,27-,31-,34-,38-,40-/m0/s1. The summed E-state index contributed by atoms with van der Waals surface area (Å²) >= 11 is 1.43. The van der Waals surface area contributed by atoms with Crippen LogP contribution in [0.15, 0.2) is 41.9 Å². The van der Waals surface area contributed by atoms with Crippen LogP contribution in [0.2, 0.25) is 0 Å². The maximum Gasteiger partial charge on any atom is 0.324 e. The Balaban J connectivity index is 1.28. The normalized spacial score (nSPS) is 25.7. The molecular formula is C45H58N6O7S. The lowest BCUT2D eigenvalue weighted by molar-refractivity contribution is -0.157. The number of rotatable bonds is 9. The predicted molar refractivity (Wildman–Crippen MR) is 225 cm³/mol. The zero-order valence-corrected chi connectivity index (χ0v) is 35.9. The molecule has 6 atom stereocenters. The van der Waals surface area contributed by atoms with E-state index >= 15 is 0 Å². The van der Waals surface area contributed by atoms with Gasteiger partial charge in [0.1, 0.15) is 23.2 Å². The zero-order chi connectivity index (χ0) is 41.4. The molecule has 0 unspecified atom stereocenters. The highest BCUT2D eigenvalue weighted by molar-refractivity contribution is 7.10. The van der Waals surface area contributed by atoms with Crippen molar-refractivity contribution in [1.29, 1.82) is 0 Å². The Hall–Kier alpha value is -4.21. The van der Waals surface area contributed by atoms with Crippen LogP contribution in [0.1, 0.15) is 95.2 Å². The number of thiazole rings is 1. The van der Waals surface area contributed by atoms with E-state index in [1.807, 2.05) is 25.3 Å². The van der Waals surface area contributed by atoms with Crippen molar-refractivity contribution in [1.82, 2.24) is 30.3 Å². The minimum atomic E-state index is -1.08. The van der Waals surface area contributed by atoms with Crippen molar-refractivity contribution in [3.63, 3.8) is 0 Å². The second-order valence-corrected chi connectivity index (χ2v) is 18.5. The largest absolute Gasteiger partial charge is 0.464 e. The van der Waals surface area contributed by atoms with Crippen molar-refractivity contribution in [3.05, 3.63) is 58.2 Å². The number of hydrogen-bond donors (Lipinski definition) is 2. The maximum absolute atomic E-state index is 14.8. The van der Waals surface area contributed by atoms with Crippen LogP contribution in [0.4, 0.5) is 0 Å². The number of carbonyl (C=O) groups is 3. The van der Waals surface area contributed by atoms with Crippen LogP contribution in [-0.4, -0.2) is 89.5 Å². The van der Waals surface area contributed by atoms with E-state index in [4.69, 9.17) is 28.9 Å². The first-order valence-corrected chi connectivity index (χ1v) is 22.2. The minimum Gasteiger partial charge on any atom is -0.464 e. The number of nitrogens with zero attached hydrogens (tertiary/aromatic N) is 4. The van der Waals surface area contributed by atoms with Crippen LogP contribution in [0, 0.1) is 23.2 Å². The molecule has 6 bridgehead atoms. The van der Waals surface area contributed by atoms with Gasteiger partial charge in [0.15, 0.2) is 0 Å². The Morgan fingerprint density at radius 3 is 2.71 bits per heavy atom. The number of cyclic esters (lactones) is 1. The number of hydrogen-bond acceptors (Lipinski definition) is 11. The Morgan fingerprint density at radius 2 is 1.97 bits per heavy atom. The van der Waals surface area contributed by atoms with E-state index in [-0.39, 0.29) is 42.3 Å². The zero-order valence-electron chi connectivity index (χ0n) is 35.1. The summed E-state index contributed by atoms with van der Waals surface area (Å²) in [6, 6.07) is 8.73. The minimum absolute atomic E-state index is 0.166. The van der Waals surface area contributed by atoms with Crippen molar-refractivity contribution in [2.24, 2.45) is 23.2 Å². The summed E-state index contributed by atoms with van der Waals surface area (Å²) < 4.78 is 26.7. The van der Waals surface area contributed by atoms with E-state index in [1.165, 1.54) is 16.3 Å². The van der Waals surface area contributed by atoms with E-state index in [1.54, 1.807) is 13.3 Å². The van der Waals surface area contributed by atoms with Gasteiger partial charge >= 0.3 is 5.97 Å². The predicted octanol–water partition coefficient (Wildman–Crippen LogP) is 6.80. The number of fused-ring (bicyclic) bond motifs is 6. The van der Waals surface area contributed by atoms with E-state index in [2.05, 4.69) is 60.3 Å². The highest BCUT2D eigenvalue weighted by atomic mass is 32.1. The molecule has 14 heteroatoms. The molecule has 2 saturated heterocycles. The van der Waals surface area contributed by atoms with Gasteiger partial charge in [-0.25, -0.2) is 10.4 Å². The summed E-state index contributed by atoms with van der Waals surface area (Å²) in [5.41, 5.74) is 9.52. The summed E-state index contributed by atoms with van der Waals surface area (Å²) in [5.74, 6) is -0.631. The SMILES string of the molecule is CCn1c(-c2cccnc2[C@H](C)OC)c2c3cc(ccc31)-c1csc(n1)[C@@H](OCC1CCOCC1)[C@H](NC(=O)[C@H]1C[C@@H]1C)C(=O)N1CCC[C@H](N1)C(=O)OCC(C)(C)C2. The Bertz CT molecular complexity index is 2180. The van der Waals surface area contributed by atoms with Gasteiger partial charge in [0.2, 0.25) is 5.91 Å². The van der Waals surface area contributed by atoms with Gasteiger partial charge in [0, 0.05) is 78.4 Å². The number of esters is 1. The van der Waals surface area contributed by atoms with Crippen LogP contribution in [0.25, 0.3) is 33.4 Å². The van der Waals surface area contributed by atoms with Crippen molar-refractivity contribution in [2.45, 2.75) is 104 Å². The summed E-state index contributed by atoms with van der Waals surface area (Å²) in [4.78, 5) is 52.4. The number of methoxy groups -OCH3 is 1. The van der Waals surface area contributed by atoms with Gasteiger partial charge in [-0.15, -0.1) is 11.3 Å². The number of pyridine rings is 1. The first kappa shape index (κ1) is 41.5. The second-order valence-electron chi connectivity index (χ2n) is 17.6. The van der Waals surface area contributed by atoms with Crippen LogP contribution in [0.5, 0.6) is 0 Å². The third-order valence-electron chi connectivity index (χ3n) is 12.5. The van der Waals surface area contributed by atoms with Crippen LogP contribution < -0.4 is 10.7 Å². The van der Waals surface area contributed by atoms with Gasteiger partial charge in [-0.2, -0.15) is 0 Å². The highest BCUT2D eigenvalue weighted by Crippen LogP contribution is 2.43. The fourth-order valence-electron chi connectivity index (χ4n) is 8.86. The van der Waals surface area contributed by atoms with Gasteiger partial charge in [-0.3, -0.25) is 24.4 Å². The van der Waals surface area contributed by atoms with Crippen molar-refractivity contribution < 1.29 is 33.3 Å².